The SMILES string of the molecule is C/C=C\[C@H](C)/C=C(\C)[C@@H](O[Si](CC)(CC)C(C)C)[C@H]1COC(C)(C)O[C@@H]1[C@H](C)CCC1([C@@H](C)/C=C(\C)[C@H](O[Si](C(C)C)(C(C)C)C(C)C)[C@@H](C)[C@H](OCc2ccc(OC)cc2)[C@@H](C)[C@H](OC)[C@H](CO)OCOCC[Si](C)(C)C)SCCCS1. The van der Waals surface area contributed by atoms with Crippen LogP contribution < -0.4 is 4.74 Å². The summed E-state index contributed by atoms with van der Waals surface area (Å²) < 4.78 is 61.3. The van der Waals surface area contributed by atoms with Gasteiger partial charge in [-0.15, -0.1) is 23.5 Å². The molecule has 12 atom stereocenters. The van der Waals surface area contributed by atoms with Crippen molar-refractivity contribution in [3.8, 4) is 5.75 Å². The van der Waals surface area contributed by atoms with E-state index in [1.807, 2.05) is 12.1 Å². The minimum absolute atomic E-state index is 0.0502. The summed E-state index contributed by atoms with van der Waals surface area (Å²) in [7, 11) is -2.51. The summed E-state index contributed by atoms with van der Waals surface area (Å²) in [6.07, 6.45) is 10.8. The minimum atomic E-state index is -2.50. The molecule has 0 amide bonds. The van der Waals surface area contributed by atoms with Crippen LogP contribution in [-0.2, 0) is 43.9 Å². The molecule has 10 nitrogen and oxygen atoms in total. The maximum Gasteiger partial charge on any atom is 0.201 e. The molecule has 2 aliphatic heterocycles. The largest absolute Gasteiger partial charge is 0.497 e. The van der Waals surface area contributed by atoms with Gasteiger partial charge < -0.3 is 47.1 Å². The van der Waals surface area contributed by atoms with Gasteiger partial charge in [0.15, 0.2) is 14.1 Å². The third-order valence-electron chi connectivity index (χ3n) is 18.9. The maximum atomic E-state index is 11.0. The quantitative estimate of drug-likeness (QED) is 0.0295. The Bertz CT molecular complexity index is 2040. The lowest BCUT2D eigenvalue weighted by Crippen LogP contribution is -2.55. The highest BCUT2D eigenvalue weighted by molar-refractivity contribution is 8.18. The van der Waals surface area contributed by atoms with Crippen LogP contribution in [0.2, 0.25) is 59.9 Å². The van der Waals surface area contributed by atoms with Gasteiger partial charge in [0.25, 0.3) is 0 Å². The molecule has 3 rings (SSSR count). The van der Waals surface area contributed by atoms with Gasteiger partial charge in [-0.05, 0) is 152 Å². The first-order valence-corrected chi connectivity index (χ1v) is 42.6. The molecule has 0 spiro atoms. The lowest BCUT2D eigenvalue weighted by Gasteiger charge is -2.49. The molecule has 0 aromatic heterocycles. The molecule has 0 saturated carbocycles. The van der Waals surface area contributed by atoms with Crippen molar-refractivity contribution >= 4 is 48.2 Å². The maximum absolute atomic E-state index is 11.0. The van der Waals surface area contributed by atoms with Crippen LogP contribution in [0.15, 0.2) is 59.7 Å². The van der Waals surface area contributed by atoms with Gasteiger partial charge in [0.05, 0.1) is 61.5 Å². The van der Waals surface area contributed by atoms with Crippen molar-refractivity contribution in [1.29, 1.82) is 0 Å². The number of hydrogen-bond donors (Lipinski definition) is 1. The fourth-order valence-electron chi connectivity index (χ4n) is 13.9. The van der Waals surface area contributed by atoms with Crippen LogP contribution in [0.5, 0.6) is 5.75 Å². The zero-order chi connectivity index (χ0) is 62.7. The molecule has 1 aromatic rings. The van der Waals surface area contributed by atoms with E-state index in [0.717, 1.165) is 53.8 Å². The van der Waals surface area contributed by atoms with Gasteiger partial charge in [0, 0.05) is 39.5 Å². The van der Waals surface area contributed by atoms with E-state index in [9.17, 15) is 5.11 Å². The van der Waals surface area contributed by atoms with E-state index in [0.29, 0.717) is 47.9 Å². The average molecular weight is 1250 g/mol. The molecule has 1 N–H and O–H groups in total. The second-order valence-corrected chi connectivity index (χ2v) is 47.0. The Morgan fingerprint density at radius 1 is 0.783 bits per heavy atom. The second-order valence-electron chi connectivity index (χ2n) is 27.9. The monoisotopic (exact) mass is 1250 g/mol. The third-order valence-corrected chi connectivity index (χ3v) is 35.8. The van der Waals surface area contributed by atoms with Crippen LogP contribution in [0.3, 0.4) is 0 Å². The number of rotatable bonds is 38. The Morgan fingerprint density at radius 3 is 1.89 bits per heavy atom. The van der Waals surface area contributed by atoms with Gasteiger partial charge >= 0.3 is 0 Å². The molecular weight excluding hydrogens is 1130 g/mol. The average Bonchev–Trinajstić information content (AvgIpc) is 3.63. The number of allylic oxidation sites excluding steroid dienone is 4. The minimum Gasteiger partial charge on any atom is -0.497 e. The summed E-state index contributed by atoms with van der Waals surface area (Å²) in [6, 6.07) is 11.3. The molecule has 0 radical (unpaired) electrons. The first-order valence-electron chi connectivity index (χ1n) is 32.4. The van der Waals surface area contributed by atoms with Crippen molar-refractivity contribution < 1.29 is 47.1 Å². The number of ether oxygens (including phenoxy) is 7. The Kier molecular flexibility index (Phi) is 32.8. The van der Waals surface area contributed by atoms with Gasteiger partial charge in [-0.25, -0.2) is 0 Å². The third kappa shape index (κ3) is 21.7. The Morgan fingerprint density at radius 2 is 1.39 bits per heavy atom. The molecule has 2 aliphatic rings. The lowest BCUT2D eigenvalue weighted by molar-refractivity contribution is -0.309. The van der Waals surface area contributed by atoms with Crippen molar-refractivity contribution in [3.05, 3.63) is 65.3 Å². The predicted molar refractivity (Wildman–Crippen MR) is 364 cm³/mol. The molecule has 2 fully saturated rings. The van der Waals surface area contributed by atoms with E-state index >= 15 is 0 Å². The number of aliphatic hydroxyl groups excluding tert-OH is 1. The van der Waals surface area contributed by atoms with Crippen molar-refractivity contribution in [1.82, 2.24) is 0 Å². The first-order chi connectivity index (χ1) is 38.9. The molecule has 0 unspecified atom stereocenters. The molecular formula is C68H126O10S2Si3. The van der Waals surface area contributed by atoms with Crippen molar-refractivity contribution in [2.75, 3.05) is 52.3 Å². The van der Waals surface area contributed by atoms with E-state index in [4.69, 9.17) is 42.0 Å². The second kappa shape index (κ2) is 35.6. The molecule has 0 bridgehead atoms. The lowest BCUT2D eigenvalue weighted by atomic mass is 9.80. The number of hydrogen-bond acceptors (Lipinski definition) is 12. The van der Waals surface area contributed by atoms with Crippen LogP contribution >= 0.6 is 23.5 Å². The van der Waals surface area contributed by atoms with E-state index in [-0.39, 0.29) is 71.5 Å². The number of aliphatic hydroxyl groups is 1. The van der Waals surface area contributed by atoms with Crippen LogP contribution in [0.4, 0.5) is 0 Å². The zero-order valence-electron chi connectivity index (χ0n) is 57.5. The molecule has 83 heavy (non-hydrogen) atoms. The van der Waals surface area contributed by atoms with Crippen LogP contribution in [-0.4, -0.2) is 129 Å². The number of benzene rings is 1. The van der Waals surface area contributed by atoms with E-state index in [1.54, 1.807) is 14.2 Å². The van der Waals surface area contributed by atoms with Crippen LogP contribution in [0, 0.1) is 35.5 Å². The summed E-state index contributed by atoms with van der Waals surface area (Å²) in [5.74, 6) is 2.85. The van der Waals surface area contributed by atoms with Gasteiger partial charge in [0.2, 0.25) is 8.32 Å². The van der Waals surface area contributed by atoms with E-state index < -0.39 is 42.7 Å². The van der Waals surface area contributed by atoms with Gasteiger partial charge in [-0.3, -0.25) is 0 Å². The summed E-state index contributed by atoms with van der Waals surface area (Å²) in [6.45, 7) is 54.9. The fourth-order valence-corrected chi connectivity index (χ4v) is 27.4. The van der Waals surface area contributed by atoms with E-state index in [1.165, 1.54) is 17.6 Å². The van der Waals surface area contributed by atoms with Crippen LogP contribution in [0.25, 0.3) is 0 Å². The van der Waals surface area contributed by atoms with Crippen LogP contribution in [0.1, 0.15) is 163 Å². The molecule has 1 aromatic carbocycles. The Hall–Kier alpha value is -0.769. The number of methoxy groups -OCH3 is 2. The van der Waals surface area contributed by atoms with Crippen molar-refractivity contribution in [2.24, 2.45) is 35.5 Å². The first kappa shape index (κ1) is 76.5. The summed E-state index contributed by atoms with van der Waals surface area (Å²) >= 11 is 4.34. The predicted octanol–water partition coefficient (Wildman–Crippen LogP) is 18.4. The van der Waals surface area contributed by atoms with Gasteiger partial charge in [-0.2, -0.15) is 0 Å². The smallest absolute Gasteiger partial charge is 0.201 e. The number of thioether (sulfide) groups is 2. The molecule has 0 aliphatic carbocycles. The van der Waals surface area contributed by atoms with Gasteiger partial charge in [-0.1, -0.05) is 160 Å². The molecule has 2 saturated heterocycles. The standard InChI is InChI=1S/C68H126O10S2Si3/c1-26-30-51(12)41-53(14)64(77-82(27-2,28-3)47(4)5)60-45-75-67(19,20)76-63(60)52(13)35-36-68(79-38-29-39-80-68)55(16)42-54(15)62(78-83(48(6)7,49(8)9)50(10)11)56(17)65(73-44-58-31-33-59(70-21)34-32-58)57(18)66(71-22)61(43-69)74-46-72-37-40-81(23,24)25/h26,30-34,41-42,47-52,55-57,60-66,69H,27-29,35-40,43-46H2,1-25H3/b30-26-,53-41+,54-42+/t51-,52+,55-,56+,57+,60-,61-,62-,63+,64+,65-,66-/m0/s1. The van der Waals surface area contributed by atoms with Crippen molar-refractivity contribution in [3.63, 3.8) is 0 Å². The summed E-state index contributed by atoms with van der Waals surface area (Å²) in [5.41, 5.74) is 5.18. The zero-order valence-corrected chi connectivity index (χ0v) is 62.1. The summed E-state index contributed by atoms with van der Waals surface area (Å²) in [4.78, 5) is 0. The Balaban J connectivity index is 2.22. The van der Waals surface area contributed by atoms with Gasteiger partial charge in [0.1, 0.15) is 18.6 Å². The fraction of sp³-hybridized carbons (Fsp3) is 0.824. The molecule has 15 heteroatoms. The highest BCUT2D eigenvalue weighted by atomic mass is 32.2. The normalized spacial score (nSPS) is 22.4. The van der Waals surface area contributed by atoms with E-state index in [2.05, 4.69) is 218 Å². The highest BCUT2D eigenvalue weighted by Crippen LogP contribution is 2.54. The van der Waals surface area contributed by atoms with Crippen molar-refractivity contribution in [2.45, 2.75) is 271 Å². The Labute approximate surface area is 521 Å². The molecule has 482 valence electrons. The topological polar surface area (TPSA) is 103 Å². The highest BCUT2D eigenvalue weighted by Gasteiger charge is 2.51. The summed E-state index contributed by atoms with van der Waals surface area (Å²) in [5, 5.41) is 11.0. The molecule has 2 heterocycles.